The molecule has 0 saturated heterocycles. The van der Waals surface area contributed by atoms with Crippen LogP contribution in [0, 0.1) is 5.82 Å². The number of primary sulfonamides is 1. The molecule has 1 atom stereocenters. The van der Waals surface area contributed by atoms with Gasteiger partial charge in [0.2, 0.25) is 15.8 Å². The number of anilines is 1. The highest BCUT2D eigenvalue weighted by Crippen LogP contribution is 2.33. The fourth-order valence-corrected chi connectivity index (χ4v) is 4.00. The maximum Gasteiger partial charge on any atom is 0.451 e. The zero-order valence-corrected chi connectivity index (χ0v) is 18.2. The van der Waals surface area contributed by atoms with Gasteiger partial charge in [-0.2, -0.15) is 13.2 Å². The van der Waals surface area contributed by atoms with E-state index in [1.165, 1.54) is 30.3 Å². The number of hydrogen-bond acceptors (Lipinski definition) is 7. The zero-order valence-electron chi connectivity index (χ0n) is 17.4. The van der Waals surface area contributed by atoms with Gasteiger partial charge in [0.25, 0.3) is 0 Å². The molecule has 2 aromatic heterocycles. The van der Waals surface area contributed by atoms with E-state index < -0.39 is 33.9 Å². The summed E-state index contributed by atoms with van der Waals surface area (Å²) in [6.07, 6.45) is -1.46. The lowest BCUT2D eigenvalue weighted by atomic mass is 10.0. The van der Waals surface area contributed by atoms with E-state index >= 15 is 0 Å². The van der Waals surface area contributed by atoms with Crippen LogP contribution >= 0.6 is 0 Å². The maximum absolute atomic E-state index is 13.4. The van der Waals surface area contributed by atoms with Crippen molar-refractivity contribution in [1.82, 2.24) is 19.9 Å². The van der Waals surface area contributed by atoms with E-state index in [1.54, 1.807) is 13.0 Å². The van der Waals surface area contributed by atoms with Gasteiger partial charge in [-0.05, 0) is 42.3 Å². The summed E-state index contributed by atoms with van der Waals surface area (Å²) in [6.45, 7) is 1.64. The Morgan fingerprint density at radius 3 is 2.21 bits per heavy atom. The van der Waals surface area contributed by atoms with Gasteiger partial charge in [0.05, 0.1) is 11.6 Å². The van der Waals surface area contributed by atoms with Crippen LogP contribution in [0.2, 0.25) is 0 Å². The summed E-state index contributed by atoms with van der Waals surface area (Å²) >= 11 is 0. The minimum absolute atomic E-state index is 0.0433. The molecule has 0 fully saturated rings. The molecule has 2 aromatic carbocycles. The van der Waals surface area contributed by atoms with Gasteiger partial charge in [-0.15, -0.1) is 0 Å². The van der Waals surface area contributed by atoms with Crippen LogP contribution in [-0.2, 0) is 16.2 Å². The highest BCUT2D eigenvalue weighted by atomic mass is 32.2. The second-order valence-corrected chi connectivity index (χ2v) is 8.88. The monoisotopic (exact) mass is 492 g/mol. The Kier molecular flexibility index (Phi) is 5.91. The fourth-order valence-electron chi connectivity index (χ4n) is 3.27. The van der Waals surface area contributed by atoms with Crippen LogP contribution in [0.3, 0.4) is 0 Å². The minimum atomic E-state index is -4.67. The number of rotatable bonds is 5. The van der Waals surface area contributed by atoms with E-state index in [9.17, 15) is 26.0 Å². The average molecular weight is 492 g/mol. The summed E-state index contributed by atoms with van der Waals surface area (Å²) in [6, 6.07) is 7.73. The molecule has 34 heavy (non-hydrogen) atoms. The fraction of sp³-hybridized carbons (Fsp3) is 0.143. The van der Waals surface area contributed by atoms with Crippen LogP contribution < -0.4 is 10.5 Å². The maximum atomic E-state index is 13.4. The molecule has 0 amide bonds. The van der Waals surface area contributed by atoms with Gasteiger partial charge in [-0.25, -0.2) is 37.9 Å². The standard InChI is InChI=1S/C21H16F4N6O2S/c1-11(14-8-27-20(28-9-14)21(23,24)25)31-19-16-6-13(12-2-4-15(22)5-3-12)7-17(34(26,32)33)18(16)29-10-30-19/h2-11H,1H3,(H2,26,32,33)(H,29,30,31). The molecule has 0 aliphatic carbocycles. The van der Waals surface area contributed by atoms with E-state index in [4.69, 9.17) is 5.14 Å². The number of sulfonamides is 1. The largest absolute Gasteiger partial charge is 0.451 e. The third-order valence-corrected chi connectivity index (χ3v) is 5.89. The molecule has 0 spiro atoms. The molecule has 2 heterocycles. The summed E-state index contributed by atoms with van der Waals surface area (Å²) in [5.41, 5.74) is 1.31. The summed E-state index contributed by atoms with van der Waals surface area (Å²) in [7, 11) is -4.20. The van der Waals surface area contributed by atoms with Crippen LogP contribution in [-0.4, -0.2) is 28.4 Å². The Hall–Kier alpha value is -3.71. The van der Waals surface area contributed by atoms with Crippen molar-refractivity contribution in [3.63, 3.8) is 0 Å². The molecule has 8 nitrogen and oxygen atoms in total. The molecule has 0 aliphatic heterocycles. The number of nitrogens with two attached hydrogens (primary N) is 1. The van der Waals surface area contributed by atoms with Crippen molar-refractivity contribution in [1.29, 1.82) is 0 Å². The Balaban J connectivity index is 1.80. The molecule has 0 radical (unpaired) electrons. The van der Waals surface area contributed by atoms with Crippen molar-refractivity contribution in [3.05, 3.63) is 72.3 Å². The quantitative estimate of drug-likeness (QED) is 0.403. The third-order valence-electron chi connectivity index (χ3n) is 4.97. The normalized spacial score (nSPS) is 13.1. The Labute approximate surface area is 191 Å². The number of benzene rings is 2. The highest BCUT2D eigenvalue weighted by molar-refractivity contribution is 7.89. The SMILES string of the molecule is CC(Nc1ncnc2c(S(N)(=O)=O)cc(-c3ccc(F)cc3)cc12)c1cnc(C(F)(F)F)nc1. The van der Waals surface area contributed by atoms with E-state index in [1.807, 2.05) is 0 Å². The van der Waals surface area contributed by atoms with Crippen LogP contribution in [0.5, 0.6) is 0 Å². The average Bonchev–Trinajstić information content (AvgIpc) is 2.78. The lowest BCUT2D eigenvalue weighted by molar-refractivity contribution is -0.145. The third kappa shape index (κ3) is 4.79. The van der Waals surface area contributed by atoms with Crippen LogP contribution in [0.25, 0.3) is 22.0 Å². The van der Waals surface area contributed by atoms with E-state index in [0.717, 1.165) is 18.7 Å². The smallest absolute Gasteiger partial charge is 0.363 e. The predicted octanol–water partition coefficient (Wildman–Crippen LogP) is 4.07. The highest BCUT2D eigenvalue weighted by Gasteiger charge is 2.34. The number of halogens is 4. The summed E-state index contributed by atoms with van der Waals surface area (Å²) in [5, 5.41) is 8.71. The van der Waals surface area contributed by atoms with Gasteiger partial charge in [0.15, 0.2) is 0 Å². The van der Waals surface area contributed by atoms with Gasteiger partial charge in [0, 0.05) is 23.3 Å². The molecule has 0 bridgehead atoms. The van der Waals surface area contributed by atoms with Gasteiger partial charge >= 0.3 is 6.18 Å². The van der Waals surface area contributed by atoms with Gasteiger partial charge in [-0.1, -0.05) is 12.1 Å². The van der Waals surface area contributed by atoms with Crippen LogP contribution in [0.1, 0.15) is 24.4 Å². The molecule has 176 valence electrons. The molecule has 3 N–H and O–H groups in total. The van der Waals surface area contributed by atoms with E-state index in [-0.39, 0.29) is 21.6 Å². The predicted molar refractivity (Wildman–Crippen MR) is 115 cm³/mol. The molecule has 4 aromatic rings. The number of fused-ring (bicyclic) bond motifs is 1. The number of nitrogens with zero attached hydrogens (tertiary/aromatic N) is 4. The lowest BCUT2D eigenvalue weighted by Gasteiger charge is -2.17. The number of alkyl halides is 3. The van der Waals surface area contributed by atoms with Gasteiger partial charge < -0.3 is 5.32 Å². The second-order valence-electron chi connectivity index (χ2n) is 7.35. The molecular weight excluding hydrogens is 476 g/mol. The molecule has 13 heteroatoms. The molecule has 1 unspecified atom stereocenters. The minimum Gasteiger partial charge on any atom is -0.363 e. The lowest BCUT2D eigenvalue weighted by Crippen LogP contribution is -2.15. The molecule has 0 aliphatic rings. The number of nitrogens with one attached hydrogen (secondary N) is 1. The van der Waals surface area contributed by atoms with Gasteiger partial charge in [0.1, 0.15) is 22.9 Å². The van der Waals surface area contributed by atoms with Gasteiger partial charge in [-0.3, -0.25) is 0 Å². The van der Waals surface area contributed by atoms with Crippen LogP contribution in [0.15, 0.2) is 60.0 Å². The summed E-state index contributed by atoms with van der Waals surface area (Å²) in [4.78, 5) is 14.6. The number of hydrogen-bond donors (Lipinski definition) is 2. The Morgan fingerprint density at radius 1 is 0.971 bits per heavy atom. The van der Waals surface area contributed by atoms with Crippen molar-refractivity contribution in [3.8, 4) is 11.1 Å². The van der Waals surface area contributed by atoms with Crippen molar-refractivity contribution in [2.24, 2.45) is 5.14 Å². The molecule has 4 rings (SSSR count). The summed E-state index contributed by atoms with van der Waals surface area (Å²) in [5.74, 6) is -1.53. The van der Waals surface area contributed by atoms with Crippen molar-refractivity contribution in [2.45, 2.75) is 24.0 Å². The van der Waals surface area contributed by atoms with Crippen molar-refractivity contribution >= 4 is 26.7 Å². The zero-order chi connectivity index (χ0) is 24.7. The van der Waals surface area contributed by atoms with Crippen molar-refractivity contribution in [2.75, 3.05) is 5.32 Å². The first kappa shape index (κ1) is 23.4. The molecular formula is C21H16F4N6O2S. The first-order valence-electron chi connectivity index (χ1n) is 9.66. The van der Waals surface area contributed by atoms with Crippen molar-refractivity contribution < 1.29 is 26.0 Å². The second kappa shape index (κ2) is 8.57. The first-order chi connectivity index (χ1) is 15.9. The Bertz CT molecular complexity index is 1460. The summed E-state index contributed by atoms with van der Waals surface area (Å²) < 4.78 is 76.1. The molecule has 0 saturated carbocycles. The van der Waals surface area contributed by atoms with E-state index in [2.05, 4.69) is 25.3 Å². The number of aromatic nitrogens is 4. The van der Waals surface area contributed by atoms with E-state index in [0.29, 0.717) is 16.7 Å². The first-order valence-corrected chi connectivity index (χ1v) is 11.2. The van der Waals surface area contributed by atoms with Crippen LogP contribution in [0.4, 0.5) is 23.4 Å². The topological polar surface area (TPSA) is 124 Å². The Morgan fingerprint density at radius 2 is 1.62 bits per heavy atom.